The van der Waals surface area contributed by atoms with Gasteiger partial charge in [0.1, 0.15) is 5.54 Å². The average molecular weight is 284 g/mol. The molecule has 0 spiro atoms. The van der Waals surface area contributed by atoms with Gasteiger partial charge in [0.2, 0.25) is 0 Å². The van der Waals surface area contributed by atoms with Gasteiger partial charge in [0.15, 0.2) is 0 Å². The number of carbonyl (C=O) groups is 1. The van der Waals surface area contributed by atoms with Crippen molar-refractivity contribution in [2.24, 2.45) is 5.92 Å². The van der Waals surface area contributed by atoms with E-state index in [0.29, 0.717) is 12.0 Å². The Labute approximate surface area is 124 Å². The molecule has 3 unspecified atom stereocenters. The van der Waals surface area contributed by atoms with Crippen LogP contribution in [0.5, 0.6) is 0 Å². The van der Waals surface area contributed by atoms with Crippen LogP contribution < -0.4 is 5.32 Å². The quantitative estimate of drug-likeness (QED) is 0.729. The van der Waals surface area contributed by atoms with Crippen molar-refractivity contribution in [3.63, 3.8) is 0 Å². The highest BCUT2D eigenvalue weighted by molar-refractivity contribution is 5.81. The summed E-state index contributed by atoms with van der Waals surface area (Å²) >= 11 is 0. The lowest BCUT2D eigenvalue weighted by Gasteiger charge is -2.32. The maximum Gasteiger partial charge on any atom is 0.326 e. The molecule has 3 atom stereocenters. The van der Waals surface area contributed by atoms with Gasteiger partial charge in [0, 0.05) is 18.6 Å². The van der Waals surface area contributed by atoms with E-state index in [-0.39, 0.29) is 12.0 Å². The number of carbonyl (C=O) groups excluding carboxylic acids is 1. The third-order valence-electron chi connectivity index (χ3n) is 4.55. The van der Waals surface area contributed by atoms with Crippen molar-refractivity contribution in [2.75, 3.05) is 20.7 Å². The molecule has 118 valence electrons. The molecule has 1 saturated carbocycles. The first-order valence-electron chi connectivity index (χ1n) is 7.91. The normalized spacial score (nSPS) is 28.1. The number of methoxy groups -OCH3 is 1. The largest absolute Gasteiger partial charge is 0.468 e. The van der Waals surface area contributed by atoms with Crippen LogP contribution in [0, 0.1) is 5.92 Å². The van der Waals surface area contributed by atoms with Crippen LogP contribution in [-0.4, -0.2) is 49.2 Å². The highest BCUT2D eigenvalue weighted by Crippen LogP contribution is 2.34. The molecular formula is C16H32N2O2. The zero-order valence-electron chi connectivity index (χ0n) is 14.0. The number of nitrogens with one attached hydrogen (secondary N) is 1. The molecule has 1 aliphatic rings. The van der Waals surface area contributed by atoms with Gasteiger partial charge in [0.05, 0.1) is 7.11 Å². The summed E-state index contributed by atoms with van der Waals surface area (Å²) in [7, 11) is 3.67. The molecule has 1 fully saturated rings. The summed E-state index contributed by atoms with van der Waals surface area (Å²) in [5.74, 6) is 0.594. The summed E-state index contributed by atoms with van der Waals surface area (Å²) in [5.41, 5.74) is -0.489. The Bertz CT molecular complexity index is 320. The minimum Gasteiger partial charge on any atom is -0.468 e. The van der Waals surface area contributed by atoms with Crippen molar-refractivity contribution in [3.8, 4) is 0 Å². The second-order valence-electron chi connectivity index (χ2n) is 6.72. The van der Waals surface area contributed by atoms with E-state index in [4.69, 9.17) is 4.74 Å². The van der Waals surface area contributed by atoms with Crippen LogP contribution in [0.25, 0.3) is 0 Å². The minimum absolute atomic E-state index is 0.106. The van der Waals surface area contributed by atoms with Crippen molar-refractivity contribution in [3.05, 3.63) is 0 Å². The second-order valence-corrected chi connectivity index (χ2v) is 6.72. The Morgan fingerprint density at radius 3 is 2.60 bits per heavy atom. The zero-order chi connectivity index (χ0) is 15.3. The van der Waals surface area contributed by atoms with Crippen LogP contribution in [-0.2, 0) is 9.53 Å². The first-order chi connectivity index (χ1) is 9.34. The Balaban J connectivity index is 2.71. The summed E-state index contributed by atoms with van der Waals surface area (Å²) < 4.78 is 5.05. The molecule has 0 aliphatic heterocycles. The molecule has 1 N–H and O–H groups in total. The molecular weight excluding hydrogens is 252 g/mol. The fraction of sp³-hybridized carbons (Fsp3) is 0.938. The van der Waals surface area contributed by atoms with E-state index in [0.717, 1.165) is 25.8 Å². The van der Waals surface area contributed by atoms with Crippen LogP contribution in [0.2, 0.25) is 0 Å². The Hall–Kier alpha value is -0.610. The van der Waals surface area contributed by atoms with E-state index >= 15 is 0 Å². The monoisotopic (exact) mass is 284 g/mol. The Kier molecular flexibility index (Phi) is 6.46. The molecule has 0 heterocycles. The number of rotatable bonds is 7. The van der Waals surface area contributed by atoms with Crippen LogP contribution >= 0.6 is 0 Å². The number of esters is 1. The predicted octanol–water partition coefficient (Wildman–Crippen LogP) is 2.43. The smallest absolute Gasteiger partial charge is 0.326 e. The first kappa shape index (κ1) is 17.4. The van der Waals surface area contributed by atoms with Crippen LogP contribution in [0.3, 0.4) is 0 Å². The maximum absolute atomic E-state index is 12.2. The van der Waals surface area contributed by atoms with E-state index in [1.165, 1.54) is 13.5 Å². The number of ether oxygens (including phenoxy) is 1. The maximum atomic E-state index is 12.2. The first-order valence-corrected chi connectivity index (χ1v) is 7.91. The number of hydrogen-bond acceptors (Lipinski definition) is 4. The van der Waals surface area contributed by atoms with Gasteiger partial charge in [0.25, 0.3) is 0 Å². The third kappa shape index (κ3) is 4.19. The molecule has 0 amide bonds. The SMILES string of the molecule is CCC(C)CN(C)C1CCC(NC(C)C)(C(=O)OC)C1. The van der Waals surface area contributed by atoms with Crippen LogP contribution in [0.15, 0.2) is 0 Å². The van der Waals surface area contributed by atoms with Crippen LogP contribution in [0.1, 0.15) is 53.4 Å². The molecule has 0 aromatic rings. The Morgan fingerprint density at radius 1 is 1.45 bits per heavy atom. The summed E-state index contributed by atoms with van der Waals surface area (Å²) in [6.07, 6.45) is 3.98. The summed E-state index contributed by atoms with van der Waals surface area (Å²) in [5, 5.41) is 3.46. The third-order valence-corrected chi connectivity index (χ3v) is 4.55. The van der Waals surface area contributed by atoms with Crippen molar-refractivity contribution >= 4 is 5.97 Å². The van der Waals surface area contributed by atoms with Crippen molar-refractivity contribution in [2.45, 2.75) is 71.0 Å². The molecule has 0 aromatic carbocycles. The second kappa shape index (κ2) is 7.41. The molecule has 4 heteroatoms. The fourth-order valence-electron chi connectivity index (χ4n) is 3.29. The number of nitrogens with zero attached hydrogens (tertiary/aromatic N) is 1. The topological polar surface area (TPSA) is 41.6 Å². The fourth-order valence-corrected chi connectivity index (χ4v) is 3.29. The molecule has 0 aromatic heterocycles. The van der Waals surface area contributed by atoms with E-state index < -0.39 is 5.54 Å². The summed E-state index contributed by atoms with van der Waals surface area (Å²) in [6.45, 7) is 9.78. The lowest BCUT2D eigenvalue weighted by molar-refractivity contribution is -0.149. The standard InChI is InChI=1S/C16H32N2O2/c1-7-13(4)11-18(5)14-8-9-16(10-14,15(19)20-6)17-12(2)3/h12-14,17H,7-11H2,1-6H3. The number of hydrogen-bond donors (Lipinski definition) is 1. The lowest BCUT2D eigenvalue weighted by atomic mass is 9.96. The predicted molar refractivity (Wildman–Crippen MR) is 82.7 cm³/mol. The van der Waals surface area contributed by atoms with Crippen molar-refractivity contribution in [1.82, 2.24) is 10.2 Å². The highest BCUT2D eigenvalue weighted by atomic mass is 16.5. The van der Waals surface area contributed by atoms with Gasteiger partial charge in [-0.05, 0) is 46.1 Å². The molecule has 1 rings (SSSR count). The van der Waals surface area contributed by atoms with Crippen molar-refractivity contribution < 1.29 is 9.53 Å². The van der Waals surface area contributed by atoms with Gasteiger partial charge in [-0.1, -0.05) is 20.3 Å². The van der Waals surface area contributed by atoms with Gasteiger partial charge < -0.3 is 9.64 Å². The Morgan fingerprint density at radius 2 is 2.10 bits per heavy atom. The van der Waals surface area contributed by atoms with Gasteiger partial charge in [-0.3, -0.25) is 10.1 Å². The van der Waals surface area contributed by atoms with Gasteiger partial charge in [-0.15, -0.1) is 0 Å². The summed E-state index contributed by atoms with van der Waals surface area (Å²) in [6, 6.07) is 0.752. The molecule has 4 nitrogen and oxygen atoms in total. The van der Waals surface area contributed by atoms with E-state index in [9.17, 15) is 4.79 Å². The molecule has 0 radical (unpaired) electrons. The van der Waals surface area contributed by atoms with Gasteiger partial charge in [-0.2, -0.15) is 0 Å². The average Bonchev–Trinajstić information content (AvgIpc) is 2.82. The van der Waals surface area contributed by atoms with Crippen LogP contribution in [0.4, 0.5) is 0 Å². The zero-order valence-corrected chi connectivity index (χ0v) is 14.0. The highest BCUT2D eigenvalue weighted by Gasteiger charge is 2.47. The van der Waals surface area contributed by atoms with Gasteiger partial charge in [-0.25, -0.2) is 0 Å². The molecule has 1 aliphatic carbocycles. The minimum atomic E-state index is -0.489. The van der Waals surface area contributed by atoms with E-state index in [2.05, 4.69) is 45.0 Å². The lowest BCUT2D eigenvalue weighted by Crippen LogP contribution is -2.54. The molecule has 0 bridgehead atoms. The van der Waals surface area contributed by atoms with E-state index in [1.807, 2.05) is 0 Å². The summed E-state index contributed by atoms with van der Waals surface area (Å²) in [4.78, 5) is 14.6. The van der Waals surface area contributed by atoms with Gasteiger partial charge >= 0.3 is 5.97 Å². The molecule has 0 saturated heterocycles. The molecule has 20 heavy (non-hydrogen) atoms. The van der Waals surface area contributed by atoms with E-state index in [1.54, 1.807) is 0 Å². The van der Waals surface area contributed by atoms with Crippen molar-refractivity contribution in [1.29, 1.82) is 0 Å².